The molecule has 1 fully saturated rings. The SMILES string of the molecule is CC(C)c1nn(C)cc1C#CCN1CCNCC1. The summed E-state index contributed by atoms with van der Waals surface area (Å²) in [5.74, 6) is 6.97. The maximum absolute atomic E-state index is 4.47. The van der Waals surface area contributed by atoms with Gasteiger partial charge in [-0.25, -0.2) is 0 Å². The zero-order chi connectivity index (χ0) is 13.0. The van der Waals surface area contributed by atoms with E-state index in [1.807, 2.05) is 17.9 Å². The lowest BCUT2D eigenvalue weighted by atomic mass is 10.1. The van der Waals surface area contributed by atoms with E-state index in [2.05, 4.69) is 41.0 Å². The van der Waals surface area contributed by atoms with E-state index in [0.717, 1.165) is 44.0 Å². The summed E-state index contributed by atoms with van der Waals surface area (Å²) in [6.45, 7) is 9.51. The molecule has 0 aliphatic carbocycles. The van der Waals surface area contributed by atoms with Gasteiger partial charge in [0.2, 0.25) is 0 Å². The molecule has 0 aromatic carbocycles. The molecule has 2 rings (SSSR count). The zero-order valence-electron chi connectivity index (χ0n) is 11.5. The van der Waals surface area contributed by atoms with Gasteiger partial charge in [-0.05, 0) is 5.92 Å². The van der Waals surface area contributed by atoms with Crippen LogP contribution in [0, 0.1) is 11.8 Å². The van der Waals surface area contributed by atoms with Crippen LogP contribution in [0.15, 0.2) is 6.20 Å². The lowest BCUT2D eigenvalue weighted by molar-refractivity contribution is 0.268. The summed E-state index contributed by atoms with van der Waals surface area (Å²) in [6.07, 6.45) is 2.01. The molecular weight excluding hydrogens is 224 g/mol. The molecule has 1 N–H and O–H groups in total. The van der Waals surface area contributed by atoms with Crippen LogP contribution in [-0.2, 0) is 7.05 Å². The number of hydrogen-bond acceptors (Lipinski definition) is 3. The van der Waals surface area contributed by atoms with Crippen LogP contribution in [0.2, 0.25) is 0 Å². The Kier molecular flexibility index (Phi) is 4.40. The van der Waals surface area contributed by atoms with Gasteiger partial charge in [-0.15, -0.1) is 0 Å². The second kappa shape index (κ2) is 6.03. The van der Waals surface area contributed by atoms with Crippen LogP contribution in [0.5, 0.6) is 0 Å². The molecule has 18 heavy (non-hydrogen) atoms. The molecule has 1 saturated heterocycles. The Morgan fingerprint density at radius 1 is 1.39 bits per heavy atom. The molecule has 1 aromatic heterocycles. The number of nitrogens with zero attached hydrogens (tertiary/aromatic N) is 3. The third-order valence-corrected chi connectivity index (χ3v) is 3.14. The summed E-state index contributed by atoms with van der Waals surface area (Å²) in [6, 6.07) is 0. The zero-order valence-corrected chi connectivity index (χ0v) is 11.5. The molecule has 2 heterocycles. The summed E-state index contributed by atoms with van der Waals surface area (Å²) < 4.78 is 1.85. The number of hydrogen-bond donors (Lipinski definition) is 1. The van der Waals surface area contributed by atoms with E-state index < -0.39 is 0 Å². The maximum Gasteiger partial charge on any atom is 0.0806 e. The largest absolute Gasteiger partial charge is 0.314 e. The van der Waals surface area contributed by atoms with Gasteiger partial charge in [0.1, 0.15) is 0 Å². The van der Waals surface area contributed by atoms with E-state index in [9.17, 15) is 0 Å². The van der Waals surface area contributed by atoms with Crippen LogP contribution in [0.1, 0.15) is 31.0 Å². The van der Waals surface area contributed by atoms with Crippen molar-refractivity contribution in [1.29, 1.82) is 0 Å². The van der Waals surface area contributed by atoms with Crippen LogP contribution in [0.3, 0.4) is 0 Å². The first-order valence-electron chi connectivity index (χ1n) is 6.62. The molecule has 0 unspecified atom stereocenters. The highest BCUT2D eigenvalue weighted by molar-refractivity contribution is 5.38. The molecule has 4 nitrogen and oxygen atoms in total. The van der Waals surface area contributed by atoms with E-state index in [1.54, 1.807) is 0 Å². The summed E-state index contributed by atoms with van der Waals surface area (Å²) in [7, 11) is 1.95. The highest BCUT2D eigenvalue weighted by Gasteiger charge is 2.10. The molecule has 0 saturated carbocycles. The van der Waals surface area contributed by atoms with Crippen molar-refractivity contribution in [2.75, 3.05) is 32.7 Å². The molecule has 4 heteroatoms. The second-order valence-electron chi connectivity index (χ2n) is 5.08. The Labute approximate surface area is 109 Å². The fourth-order valence-electron chi connectivity index (χ4n) is 2.14. The van der Waals surface area contributed by atoms with Gasteiger partial charge < -0.3 is 5.32 Å². The highest BCUT2D eigenvalue weighted by atomic mass is 15.3. The lowest BCUT2D eigenvalue weighted by Gasteiger charge is -2.24. The predicted octanol–water partition coefficient (Wildman–Crippen LogP) is 0.800. The van der Waals surface area contributed by atoms with E-state index in [1.165, 1.54) is 0 Å². The Morgan fingerprint density at radius 2 is 2.11 bits per heavy atom. The summed E-state index contributed by atoms with van der Waals surface area (Å²) in [4.78, 5) is 2.38. The van der Waals surface area contributed by atoms with Gasteiger partial charge >= 0.3 is 0 Å². The van der Waals surface area contributed by atoms with Gasteiger partial charge in [-0.2, -0.15) is 5.10 Å². The van der Waals surface area contributed by atoms with Crippen molar-refractivity contribution in [2.45, 2.75) is 19.8 Å². The first-order valence-corrected chi connectivity index (χ1v) is 6.62. The molecule has 0 atom stereocenters. The molecule has 0 bridgehead atoms. The maximum atomic E-state index is 4.47. The van der Waals surface area contributed by atoms with E-state index >= 15 is 0 Å². The van der Waals surface area contributed by atoms with Crippen LogP contribution < -0.4 is 5.32 Å². The third-order valence-electron chi connectivity index (χ3n) is 3.14. The average Bonchev–Trinajstić information content (AvgIpc) is 2.72. The topological polar surface area (TPSA) is 33.1 Å². The third kappa shape index (κ3) is 3.34. The summed E-state index contributed by atoms with van der Waals surface area (Å²) in [5.41, 5.74) is 2.17. The fraction of sp³-hybridized carbons (Fsp3) is 0.643. The predicted molar refractivity (Wildman–Crippen MR) is 73.5 cm³/mol. The Balaban J connectivity index is 2.00. The first-order chi connectivity index (χ1) is 8.66. The van der Waals surface area contributed by atoms with Crippen molar-refractivity contribution in [3.63, 3.8) is 0 Å². The first kappa shape index (κ1) is 13.1. The molecule has 1 aliphatic rings. The minimum absolute atomic E-state index is 0.426. The molecule has 0 amide bonds. The van der Waals surface area contributed by atoms with Crippen molar-refractivity contribution < 1.29 is 0 Å². The number of aryl methyl sites for hydroxylation is 1. The van der Waals surface area contributed by atoms with Gasteiger partial charge in [0.15, 0.2) is 0 Å². The fourth-order valence-corrected chi connectivity index (χ4v) is 2.14. The Hall–Kier alpha value is -1.31. The van der Waals surface area contributed by atoms with Crippen molar-refractivity contribution in [3.8, 4) is 11.8 Å². The number of nitrogens with one attached hydrogen (secondary N) is 1. The highest BCUT2D eigenvalue weighted by Crippen LogP contribution is 2.15. The molecule has 1 aromatic rings. The van der Waals surface area contributed by atoms with Crippen molar-refractivity contribution in [2.24, 2.45) is 7.05 Å². The normalized spacial score (nSPS) is 16.7. The van der Waals surface area contributed by atoms with Gasteiger partial charge in [0.05, 0.1) is 17.8 Å². The van der Waals surface area contributed by atoms with Crippen molar-refractivity contribution >= 4 is 0 Å². The Morgan fingerprint density at radius 3 is 2.78 bits per heavy atom. The number of aromatic nitrogens is 2. The van der Waals surface area contributed by atoms with Crippen molar-refractivity contribution in [3.05, 3.63) is 17.5 Å². The van der Waals surface area contributed by atoms with Crippen LogP contribution in [-0.4, -0.2) is 47.4 Å². The standard InChI is InChI=1S/C14H22N4/c1-12(2)14-13(11-17(3)16-14)5-4-8-18-9-6-15-7-10-18/h11-12,15H,6-10H2,1-3H3. The van der Waals surface area contributed by atoms with Crippen molar-refractivity contribution in [1.82, 2.24) is 20.0 Å². The lowest BCUT2D eigenvalue weighted by Crippen LogP contribution is -2.43. The molecular formula is C14H22N4. The second-order valence-corrected chi connectivity index (χ2v) is 5.08. The minimum atomic E-state index is 0.426. The van der Waals surface area contributed by atoms with E-state index in [0.29, 0.717) is 5.92 Å². The van der Waals surface area contributed by atoms with E-state index in [4.69, 9.17) is 0 Å². The van der Waals surface area contributed by atoms with Gasteiger partial charge in [0, 0.05) is 39.4 Å². The summed E-state index contributed by atoms with van der Waals surface area (Å²) in [5, 5.41) is 7.81. The number of rotatable bonds is 2. The van der Waals surface area contributed by atoms with Gasteiger partial charge in [-0.1, -0.05) is 25.7 Å². The quantitative estimate of drug-likeness (QED) is 0.784. The average molecular weight is 246 g/mol. The van der Waals surface area contributed by atoms with Crippen LogP contribution in [0.4, 0.5) is 0 Å². The Bertz CT molecular complexity index is 444. The monoisotopic (exact) mass is 246 g/mol. The van der Waals surface area contributed by atoms with Gasteiger partial charge in [-0.3, -0.25) is 9.58 Å². The molecule has 98 valence electrons. The van der Waals surface area contributed by atoms with Crippen LogP contribution >= 0.6 is 0 Å². The molecule has 0 radical (unpaired) electrons. The van der Waals surface area contributed by atoms with Gasteiger partial charge in [0.25, 0.3) is 0 Å². The number of piperazine rings is 1. The molecule has 1 aliphatic heterocycles. The summed E-state index contributed by atoms with van der Waals surface area (Å²) >= 11 is 0. The van der Waals surface area contributed by atoms with Crippen LogP contribution in [0.25, 0.3) is 0 Å². The van der Waals surface area contributed by atoms with E-state index in [-0.39, 0.29) is 0 Å². The minimum Gasteiger partial charge on any atom is -0.314 e. The molecule has 0 spiro atoms. The smallest absolute Gasteiger partial charge is 0.0806 e.